The van der Waals surface area contributed by atoms with Crippen LogP contribution in [0.25, 0.3) is 0 Å². The van der Waals surface area contributed by atoms with E-state index >= 15 is 0 Å². The predicted molar refractivity (Wildman–Crippen MR) is 86.8 cm³/mol. The molecule has 0 saturated carbocycles. The van der Waals surface area contributed by atoms with Gasteiger partial charge in [-0.15, -0.1) is 0 Å². The lowest BCUT2D eigenvalue weighted by molar-refractivity contribution is 0.474. The van der Waals surface area contributed by atoms with Crippen molar-refractivity contribution in [2.75, 3.05) is 6.54 Å². The molecule has 0 atom stereocenters. The second-order valence-electron chi connectivity index (χ2n) is 4.40. The van der Waals surface area contributed by atoms with Crippen LogP contribution in [0, 0.1) is 0 Å². The number of allylic oxidation sites excluding steroid dienone is 5. The minimum Gasteiger partial charge on any atom is -0.508 e. The Bertz CT molecular complexity index is 472. The van der Waals surface area contributed by atoms with E-state index < -0.39 is 0 Å². The first kappa shape index (κ1) is 16.3. The Morgan fingerprint density at radius 2 is 2.05 bits per heavy atom. The summed E-state index contributed by atoms with van der Waals surface area (Å²) in [5.74, 6) is 0.329. The normalized spacial score (nSPS) is 13.2. The molecule has 1 aliphatic rings. The SMILES string of the molecule is CC.Oc1cccc(CNCCC2=CCC=CC=C2)c1. The summed E-state index contributed by atoms with van der Waals surface area (Å²) in [6, 6.07) is 7.37. The first-order valence-electron chi connectivity index (χ1n) is 7.35. The van der Waals surface area contributed by atoms with Crippen molar-refractivity contribution in [1.82, 2.24) is 5.32 Å². The van der Waals surface area contributed by atoms with Crippen molar-refractivity contribution in [2.24, 2.45) is 0 Å². The molecule has 0 radical (unpaired) electrons. The van der Waals surface area contributed by atoms with Crippen molar-refractivity contribution in [3.8, 4) is 5.75 Å². The van der Waals surface area contributed by atoms with Crippen LogP contribution in [0.2, 0.25) is 0 Å². The van der Waals surface area contributed by atoms with E-state index in [1.165, 1.54) is 5.57 Å². The van der Waals surface area contributed by atoms with Crippen molar-refractivity contribution in [2.45, 2.75) is 33.2 Å². The third kappa shape index (κ3) is 6.39. The lowest BCUT2D eigenvalue weighted by Gasteiger charge is -2.06. The fraction of sp³-hybridized carbons (Fsp3) is 0.333. The fourth-order valence-electron chi connectivity index (χ4n) is 1.94. The fourth-order valence-corrected chi connectivity index (χ4v) is 1.94. The van der Waals surface area contributed by atoms with E-state index in [0.717, 1.165) is 31.5 Å². The summed E-state index contributed by atoms with van der Waals surface area (Å²) >= 11 is 0. The quantitative estimate of drug-likeness (QED) is 0.781. The van der Waals surface area contributed by atoms with Crippen molar-refractivity contribution in [3.05, 3.63) is 65.8 Å². The first-order chi connectivity index (χ1) is 9.84. The van der Waals surface area contributed by atoms with Gasteiger partial charge < -0.3 is 10.4 Å². The Kier molecular flexibility index (Phi) is 8.16. The van der Waals surface area contributed by atoms with Crippen molar-refractivity contribution >= 4 is 0 Å². The molecule has 2 nitrogen and oxygen atoms in total. The molecule has 2 N–H and O–H groups in total. The van der Waals surface area contributed by atoms with E-state index in [0.29, 0.717) is 5.75 Å². The van der Waals surface area contributed by atoms with E-state index in [9.17, 15) is 5.11 Å². The van der Waals surface area contributed by atoms with Gasteiger partial charge in [0.15, 0.2) is 0 Å². The Morgan fingerprint density at radius 1 is 1.20 bits per heavy atom. The maximum atomic E-state index is 9.35. The molecular formula is C18H25NO. The second-order valence-corrected chi connectivity index (χ2v) is 4.40. The number of benzene rings is 1. The van der Waals surface area contributed by atoms with Gasteiger partial charge >= 0.3 is 0 Å². The lowest BCUT2D eigenvalue weighted by atomic mass is 10.1. The van der Waals surface area contributed by atoms with Crippen LogP contribution < -0.4 is 5.32 Å². The molecule has 0 heterocycles. The molecule has 0 aliphatic heterocycles. The second kappa shape index (κ2) is 10.0. The molecular weight excluding hydrogens is 246 g/mol. The Morgan fingerprint density at radius 3 is 2.85 bits per heavy atom. The van der Waals surface area contributed by atoms with Gasteiger partial charge in [-0.3, -0.25) is 0 Å². The smallest absolute Gasteiger partial charge is 0.115 e. The van der Waals surface area contributed by atoms with Crippen LogP contribution in [0.4, 0.5) is 0 Å². The maximum Gasteiger partial charge on any atom is 0.115 e. The summed E-state index contributed by atoms with van der Waals surface area (Å²) in [5.41, 5.74) is 2.49. The van der Waals surface area contributed by atoms with Gasteiger partial charge in [0.1, 0.15) is 5.75 Å². The topological polar surface area (TPSA) is 32.3 Å². The van der Waals surface area contributed by atoms with E-state index in [-0.39, 0.29) is 0 Å². The lowest BCUT2D eigenvalue weighted by Crippen LogP contribution is -2.14. The van der Waals surface area contributed by atoms with Gasteiger partial charge in [-0.2, -0.15) is 0 Å². The molecule has 108 valence electrons. The standard InChI is InChI=1S/C16H19NO.C2H6/c18-16-9-5-8-15(12-16)13-17-11-10-14-6-3-1-2-4-7-14;1-2/h1-3,5-9,12,17-18H,4,10-11,13H2;1-2H3. The number of phenols is 1. The van der Waals surface area contributed by atoms with E-state index in [4.69, 9.17) is 0 Å². The van der Waals surface area contributed by atoms with Crippen molar-refractivity contribution in [1.29, 1.82) is 0 Å². The van der Waals surface area contributed by atoms with Crippen LogP contribution in [-0.2, 0) is 6.54 Å². The minimum absolute atomic E-state index is 0.329. The summed E-state index contributed by atoms with van der Waals surface area (Å²) < 4.78 is 0. The molecule has 1 aromatic rings. The number of rotatable bonds is 5. The highest BCUT2D eigenvalue weighted by molar-refractivity contribution is 5.27. The zero-order valence-electron chi connectivity index (χ0n) is 12.5. The van der Waals surface area contributed by atoms with E-state index in [2.05, 4.69) is 35.7 Å². The molecule has 0 saturated heterocycles. The summed E-state index contributed by atoms with van der Waals surface area (Å²) in [6.45, 7) is 5.75. The van der Waals surface area contributed by atoms with Gasteiger partial charge in [0.25, 0.3) is 0 Å². The highest BCUT2D eigenvalue weighted by Gasteiger charge is 1.96. The van der Waals surface area contributed by atoms with Crippen LogP contribution in [0.5, 0.6) is 5.75 Å². The molecule has 1 aliphatic carbocycles. The van der Waals surface area contributed by atoms with Gasteiger partial charge in [0.05, 0.1) is 0 Å². The van der Waals surface area contributed by atoms with Gasteiger partial charge in [-0.1, -0.05) is 61.9 Å². The average molecular weight is 271 g/mol. The summed E-state index contributed by atoms with van der Waals surface area (Å²) in [6.07, 6.45) is 12.8. The number of aromatic hydroxyl groups is 1. The maximum absolute atomic E-state index is 9.35. The van der Waals surface area contributed by atoms with Crippen LogP contribution in [-0.4, -0.2) is 11.7 Å². The molecule has 0 unspecified atom stereocenters. The summed E-state index contributed by atoms with van der Waals surface area (Å²) in [4.78, 5) is 0. The molecule has 0 aromatic heterocycles. The average Bonchev–Trinajstić information content (AvgIpc) is 2.75. The van der Waals surface area contributed by atoms with Gasteiger partial charge in [-0.05, 0) is 37.1 Å². The number of nitrogens with one attached hydrogen (secondary N) is 1. The molecule has 2 rings (SSSR count). The molecule has 0 bridgehead atoms. The Balaban J connectivity index is 0.000000956. The highest BCUT2D eigenvalue weighted by atomic mass is 16.3. The van der Waals surface area contributed by atoms with Gasteiger partial charge in [-0.25, -0.2) is 0 Å². The highest BCUT2D eigenvalue weighted by Crippen LogP contribution is 2.11. The summed E-state index contributed by atoms with van der Waals surface area (Å²) in [5, 5.41) is 12.7. The van der Waals surface area contributed by atoms with Crippen LogP contribution in [0.15, 0.2) is 60.2 Å². The minimum atomic E-state index is 0.329. The Hall–Kier alpha value is -1.80. The zero-order chi connectivity index (χ0) is 14.6. The van der Waals surface area contributed by atoms with Crippen LogP contribution in [0.1, 0.15) is 32.3 Å². The van der Waals surface area contributed by atoms with Gasteiger partial charge in [0.2, 0.25) is 0 Å². The Labute approximate surface area is 122 Å². The van der Waals surface area contributed by atoms with Crippen LogP contribution >= 0.6 is 0 Å². The zero-order valence-corrected chi connectivity index (χ0v) is 12.5. The number of phenolic OH excluding ortho intramolecular Hbond substituents is 1. The molecule has 1 aromatic carbocycles. The predicted octanol–water partition coefficient (Wildman–Crippen LogP) is 4.34. The molecule has 0 amide bonds. The van der Waals surface area contributed by atoms with Crippen LogP contribution in [0.3, 0.4) is 0 Å². The number of hydrogen-bond donors (Lipinski definition) is 2. The van der Waals surface area contributed by atoms with Gasteiger partial charge in [0, 0.05) is 6.54 Å². The van der Waals surface area contributed by atoms with E-state index in [1.54, 1.807) is 12.1 Å². The number of hydrogen-bond acceptors (Lipinski definition) is 2. The van der Waals surface area contributed by atoms with E-state index in [1.807, 2.05) is 26.0 Å². The summed E-state index contributed by atoms with van der Waals surface area (Å²) in [7, 11) is 0. The van der Waals surface area contributed by atoms with Crippen molar-refractivity contribution < 1.29 is 5.11 Å². The van der Waals surface area contributed by atoms with Crippen molar-refractivity contribution in [3.63, 3.8) is 0 Å². The third-order valence-corrected chi connectivity index (χ3v) is 2.90. The molecule has 20 heavy (non-hydrogen) atoms. The molecule has 0 fully saturated rings. The monoisotopic (exact) mass is 271 g/mol. The first-order valence-corrected chi connectivity index (χ1v) is 7.35. The third-order valence-electron chi connectivity index (χ3n) is 2.90. The molecule has 0 spiro atoms. The largest absolute Gasteiger partial charge is 0.508 e. The molecule has 2 heteroatoms.